The van der Waals surface area contributed by atoms with Gasteiger partial charge in [-0.15, -0.1) is 0 Å². The second-order valence-electron chi connectivity index (χ2n) is 5.39. The highest BCUT2D eigenvalue weighted by molar-refractivity contribution is 6.76. The van der Waals surface area contributed by atoms with Crippen LogP contribution in [-0.2, 0) is 17.5 Å². The number of aromatic nitrogens is 2. The Bertz CT molecular complexity index is 471. The Morgan fingerprint density at radius 3 is 2.47 bits per heavy atom. The maximum absolute atomic E-state index is 12.7. The van der Waals surface area contributed by atoms with Crippen molar-refractivity contribution in [2.75, 3.05) is 6.61 Å². The van der Waals surface area contributed by atoms with Crippen LogP contribution in [0.4, 0.5) is 13.2 Å². The van der Waals surface area contributed by atoms with Crippen molar-refractivity contribution in [3.63, 3.8) is 0 Å². The lowest BCUT2D eigenvalue weighted by molar-refractivity contribution is -0.142. The van der Waals surface area contributed by atoms with E-state index in [4.69, 9.17) is 10.00 Å². The summed E-state index contributed by atoms with van der Waals surface area (Å²) in [6.45, 7) is 6.66. The third-order valence-electron chi connectivity index (χ3n) is 2.40. The highest BCUT2D eigenvalue weighted by Crippen LogP contribution is 2.30. The molecule has 0 aromatic carbocycles. The molecule has 1 heterocycles. The number of imidazole rings is 1. The van der Waals surface area contributed by atoms with E-state index in [1.165, 1.54) is 0 Å². The van der Waals surface area contributed by atoms with E-state index in [1.54, 1.807) is 6.07 Å². The predicted molar refractivity (Wildman–Crippen MR) is 66.1 cm³/mol. The number of rotatable bonds is 5. The summed E-state index contributed by atoms with van der Waals surface area (Å²) >= 11 is 0. The first-order valence-corrected chi connectivity index (χ1v) is 9.48. The van der Waals surface area contributed by atoms with Crippen LogP contribution in [0.25, 0.3) is 0 Å². The summed E-state index contributed by atoms with van der Waals surface area (Å²) in [7, 11) is -1.27. The molecule has 0 saturated heterocycles. The van der Waals surface area contributed by atoms with Crippen molar-refractivity contribution < 1.29 is 17.9 Å². The maximum atomic E-state index is 12.7. The molecule has 0 atom stereocenters. The molecule has 0 spiro atoms. The van der Waals surface area contributed by atoms with Crippen molar-refractivity contribution in [2.24, 2.45) is 0 Å². The monoisotopic (exact) mass is 291 g/mol. The summed E-state index contributed by atoms with van der Waals surface area (Å²) in [6.07, 6.45) is -4.58. The SMILES string of the molecule is C[Si](C)(C)CCOCc1[nH]c(C#N)nc1C(F)(F)F. The molecule has 0 fully saturated rings. The van der Waals surface area contributed by atoms with E-state index in [2.05, 4.69) is 29.6 Å². The molecule has 1 rings (SSSR count). The van der Waals surface area contributed by atoms with Gasteiger partial charge in [-0.1, -0.05) is 19.6 Å². The molecule has 0 bridgehead atoms. The van der Waals surface area contributed by atoms with Crippen LogP contribution in [0, 0.1) is 11.3 Å². The van der Waals surface area contributed by atoms with Gasteiger partial charge in [0.05, 0.1) is 12.3 Å². The number of H-pyrrole nitrogens is 1. The minimum absolute atomic E-state index is 0.195. The topological polar surface area (TPSA) is 61.7 Å². The van der Waals surface area contributed by atoms with Crippen molar-refractivity contribution in [3.05, 3.63) is 17.2 Å². The number of aromatic amines is 1. The first-order valence-electron chi connectivity index (χ1n) is 5.77. The molecule has 19 heavy (non-hydrogen) atoms. The molecule has 0 saturated carbocycles. The number of ether oxygens (including phenoxy) is 1. The Hall–Kier alpha value is -1.33. The lowest BCUT2D eigenvalue weighted by Gasteiger charge is -2.15. The number of hydrogen-bond acceptors (Lipinski definition) is 3. The molecule has 1 N–H and O–H groups in total. The van der Waals surface area contributed by atoms with Gasteiger partial charge in [-0.05, 0) is 6.04 Å². The fraction of sp³-hybridized carbons (Fsp3) is 0.636. The predicted octanol–water partition coefficient (Wildman–Crippen LogP) is 3.15. The molecule has 0 unspecified atom stereocenters. The summed E-state index contributed by atoms with van der Waals surface area (Å²) in [5.74, 6) is -0.351. The Balaban J connectivity index is 2.68. The number of halogens is 3. The van der Waals surface area contributed by atoms with Gasteiger partial charge in [-0.3, -0.25) is 0 Å². The standard InChI is InChI=1S/C11H16F3N3OSi/c1-19(2,3)5-4-18-7-8-10(11(12,13)14)17-9(6-15)16-8/h4-5,7H2,1-3H3,(H,16,17). The van der Waals surface area contributed by atoms with Crippen LogP contribution < -0.4 is 0 Å². The average molecular weight is 291 g/mol. The number of nitrogens with one attached hydrogen (secondary N) is 1. The molecule has 1 aromatic rings. The lowest BCUT2D eigenvalue weighted by atomic mass is 10.3. The van der Waals surface area contributed by atoms with Gasteiger partial charge in [0.1, 0.15) is 6.07 Å². The second kappa shape index (κ2) is 5.75. The molecule has 8 heteroatoms. The largest absolute Gasteiger partial charge is 0.435 e. The fourth-order valence-electron chi connectivity index (χ4n) is 1.35. The highest BCUT2D eigenvalue weighted by Gasteiger charge is 2.37. The van der Waals surface area contributed by atoms with Crippen LogP contribution in [0.1, 0.15) is 17.2 Å². The van der Waals surface area contributed by atoms with Gasteiger partial charge < -0.3 is 9.72 Å². The van der Waals surface area contributed by atoms with Gasteiger partial charge in [0, 0.05) is 14.7 Å². The summed E-state index contributed by atoms with van der Waals surface area (Å²) < 4.78 is 43.2. The van der Waals surface area contributed by atoms with E-state index in [1.807, 2.05) is 0 Å². The molecule has 106 valence electrons. The zero-order chi connectivity index (χ0) is 14.7. The maximum Gasteiger partial charge on any atom is 0.435 e. The van der Waals surface area contributed by atoms with Crippen molar-refractivity contribution in [1.29, 1.82) is 5.26 Å². The quantitative estimate of drug-likeness (QED) is 0.669. The Labute approximate surface area is 110 Å². The molecule has 0 aliphatic heterocycles. The zero-order valence-corrected chi connectivity index (χ0v) is 12.1. The van der Waals surface area contributed by atoms with Crippen LogP contribution in [0.15, 0.2) is 0 Å². The summed E-state index contributed by atoms with van der Waals surface area (Å²) in [4.78, 5) is 5.54. The third kappa shape index (κ3) is 5.04. The molecule has 4 nitrogen and oxygen atoms in total. The molecule has 0 amide bonds. The van der Waals surface area contributed by atoms with Crippen LogP contribution >= 0.6 is 0 Å². The number of alkyl halides is 3. The van der Waals surface area contributed by atoms with Crippen LogP contribution in [0.5, 0.6) is 0 Å². The molecule has 0 aliphatic rings. The smallest absolute Gasteiger partial charge is 0.375 e. The second-order valence-corrected chi connectivity index (χ2v) is 11.0. The summed E-state index contributed by atoms with van der Waals surface area (Å²) in [6, 6.07) is 2.43. The fourth-order valence-corrected chi connectivity index (χ4v) is 2.11. The van der Waals surface area contributed by atoms with Crippen LogP contribution in [0.2, 0.25) is 25.7 Å². The normalized spacial score (nSPS) is 12.5. The minimum Gasteiger partial charge on any atom is -0.375 e. The molecular weight excluding hydrogens is 275 g/mol. The van der Waals surface area contributed by atoms with Gasteiger partial charge in [0.25, 0.3) is 0 Å². The van der Waals surface area contributed by atoms with E-state index >= 15 is 0 Å². The van der Waals surface area contributed by atoms with E-state index in [-0.39, 0.29) is 18.1 Å². The Morgan fingerprint density at radius 2 is 2.00 bits per heavy atom. The third-order valence-corrected chi connectivity index (χ3v) is 4.10. The van der Waals surface area contributed by atoms with Crippen molar-refractivity contribution in [2.45, 2.75) is 38.5 Å². The zero-order valence-electron chi connectivity index (χ0n) is 11.1. The van der Waals surface area contributed by atoms with Crippen molar-refractivity contribution in [1.82, 2.24) is 9.97 Å². The summed E-state index contributed by atoms with van der Waals surface area (Å²) in [5, 5.41) is 8.57. The first-order chi connectivity index (χ1) is 8.63. The van der Waals surface area contributed by atoms with Gasteiger partial charge in [-0.2, -0.15) is 18.4 Å². The van der Waals surface area contributed by atoms with Crippen molar-refractivity contribution >= 4 is 8.07 Å². The van der Waals surface area contributed by atoms with Crippen LogP contribution in [0.3, 0.4) is 0 Å². The van der Waals surface area contributed by atoms with Crippen molar-refractivity contribution in [3.8, 4) is 6.07 Å². The molecular formula is C11H16F3N3OSi. The summed E-state index contributed by atoms with van der Waals surface area (Å²) in [5.41, 5.74) is -1.27. The Kier molecular flexibility index (Phi) is 4.76. The number of nitriles is 1. The first kappa shape index (κ1) is 15.7. The number of hydrogen-bond donors (Lipinski definition) is 1. The Morgan fingerprint density at radius 1 is 1.37 bits per heavy atom. The number of nitrogens with zero attached hydrogens (tertiary/aromatic N) is 2. The van der Waals surface area contributed by atoms with Gasteiger partial charge in [-0.25, -0.2) is 4.98 Å². The highest BCUT2D eigenvalue weighted by atomic mass is 28.3. The molecule has 0 radical (unpaired) electrons. The average Bonchev–Trinajstić information content (AvgIpc) is 2.66. The molecule has 1 aromatic heterocycles. The van der Waals surface area contributed by atoms with E-state index in [0.717, 1.165) is 6.04 Å². The molecule has 0 aliphatic carbocycles. The van der Waals surface area contributed by atoms with Crippen LogP contribution in [-0.4, -0.2) is 24.6 Å². The van der Waals surface area contributed by atoms with E-state index in [0.29, 0.717) is 6.61 Å². The van der Waals surface area contributed by atoms with Gasteiger partial charge in [0.15, 0.2) is 5.69 Å². The van der Waals surface area contributed by atoms with E-state index in [9.17, 15) is 13.2 Å². The minimum atomic E-state index is -4.58. The lowest BCUT2D eigenvalue weighted by Crippen LogP contribution is -2.21. The van der Waals surface area contributed by atoms with E-state index < -0.39 is 19.9 Å². The van der Waals surface area contributed by atoms with Gasteiger partial charge in [0.2, 0.25) is 5.82 Å². The van der Waals surface area contributed by atoms with Gasteiger partial charge >= 0.3 is 6.18 Å².